The third kappa shape index (κ3) is 2.74. The Morgan fingerprint density at radius 1 is 1.12 bits per heavy atom. The van der Waals surface area contributed by atoms with E-state index in [4.69, 9.17) is 9.47 Å². The maximum atomic E-state index is 5.70. The van der Waals surface area contributed by atoms with Crippen LogP contribution in [0.5, 0.6) is 11.5 Å². The molecule has 3 aromatic rings. The molecule has 0 spiro atoms. The number of ether oxygens (including phenoxy) is 2. The highest BCUT2D eigenvalue weighted by Crippen LogP contribution is 2.37. The number of benzene rings is 2. The molecule has 0 saturated carbocycles. The van der Waals surface area contributed by atoms with Gasteiger partial charge in [0.2, 0.25) is 0 Å². The number of H-pyrrole nitrogens is 1. The molecule has 0 radical (unpaired) electrons. The van der Waals surface area contributed by atoms with E-state index in [9.17, 15) is 0 Å². The Hall–Kier alpha value is -2.46. The molecule has 1 unspecified atom stereocenters. The molecule has 0 bridgehead atoms. The molecule has 1 aliphatic heterocycles. The second-order valence-corrected chi connectivity index (χ2v) is 6.97. The number of hydrogen-bond donors (Lipinski definition) is 2. The summed E-state index contributed by atoms with van der Waals surface area (Å²) in [6, 6.07) is 10.9. The normalized spacial score (nSPS) is 16.5. The zero-order valence-electron chi connectivity index (χ0n) is 15.9. The highest BCUT2D eigenvalue weighted by atomic mass is 16.5. The number of aromatic amines is 1. The van der Waals surface area contributed by atoms with Crippen LogP contribution < -0.4 is 14.8 Å². The summed E-state index contributed by atoms with van der Waals surface area (Å²) in [7, 11) is 1.73. The first-order valence-electron chi connectivity index (χ1n) is 9.28. The highest BCUT2D eigenvalue weighted by Gasteiger charge is 2.27. The third-order valence-electron chi connectivity index (χ3n) is 5.33. The number of aryl methyl sites for hydroxylation is 2. The van der Waals surface area contributed by atoms with Gasteiger partial charge in [-0.05, 0) is 73.7 Å². The molecule has 0 saturated heterocycles. The van der Waals surface area contributed by atoms with Crippen LogP contribution in [0.2, 0.25) is 0 Å². The van der Waals surface area contributed by atoms with Crippen molar-refractivity contribution < 1.29 is 9.47 Å². The third-order valence-corrected chi connectivity index (χ3v) is 5.33. The van der Waals surface area contributed by atoms with Crippen LogP contribution in [0.15, 0.2) is 30.3 Å². The van der Waals surface area contributed by atoms with Crippen LogP contribution in [-0.2, 0) is 6.42 Å². The van der Waals surface area contributed by atoms with Gasteiger partial charge >= 0.3 is 0 Å². The van der Waals surface area contributed by atoms with Crippen molar-refractivity contribution in [3.63, 3.8) is 0 Å². The van der Waals surface area contributed by atoms with E-state index in [2.05, 4.69) is 48.4 Å². The van der Waals surface area contributed by atoms with Crippen LogP contribution in [0.3, 0.4) is 0 Å². The zero-order chi connectivity index (χ0) is 18.3. The van der Waals surface area contributed by atoms with Gasteiger partial charge < -0.3 is 19.8 Å². The van der Waals surface area contributed by atoms with E-state index < -0.39 is 0 Å². The summed E-state index contributed by atoms with van der Waals surface area (Å²) in [5.74, 6) is 1.88. The molecular formula is C22H26N2O2. The van der Waals surface area contributed by atoms with E-state index in [1.165, 1.54) is 33.3 Å². The van der Waals surface area contributed by atoms with E-state index in [0.29, 0.717) is 6.61 Å². The lowest BCUT2D eigenvalue weighted by Crippen LogP contribution is -2.31. The number of rotatable bonds is 4. The SMILES string of the molecule is CCOc1ccc2[nH]c3c(c2c1)CCNC3c1cc(C)c(OC)cc1C. The fraction of sp³-hybridized carbons (Fsp3) is 0.364. The predicted molar refractivity (Wildman–Crippen MR) is 105 cm³/mol. The number of fused-ring (bicyclic) bond motifs is 3. The van der Waals surface area contributed by atoms with Crippen LogP contribution in [0.25, 0.3) is 10.9 Å². The smallest absolute Gasteiger partial charge is 0.122 e. The van der Waals surface area contributed by atoms with Crippen molar-refractivity contribution in [2.45, 2.75) is 33.2 Å². The van der Waals surface area contributed by atoms with Crippen molar-refractivity contribution in [3.8, 4) is 11.5 Å². The van der Waals surface area contributed by atoms with Crippen molar-refractivity contribution in [2.24, 2.45) is 0 Å². The molecule has 136 valence electrons. The summed E-state index contributed by atoms with van der Waals surface area (Å²) < 4.78 is 11.2. The molecule has 0 fully saturated rings. The van der Waals surface area contributed by atoms with Gasteiger partial charge in [-0.15, -0.1) is 0 Å². The van der Waals surface area contributed by atoms with Gasteiger partial charge in [-0.3, -0.25) is 0 Å². The fourth-order valence-electron chi connectivity index (χ4n) is 4.07. The molecular weight excluding hydrogens is 324 g/mol. The molecule has 26 heavy (non-hydrogen) atoms. The molecule has 1 aromatic heterocycles. The van der Waals surface area contributed by atoms with Crippen LogP contribution >= 0.6 is 0 Å². The van der Waals surface area contributed by atoms with Crippen molar-refractivity contribution >= 4 is 10.9 Å². The molecule has 0 amide bonds. The first-order valence-corrected chi connectivity index (χ1v) is 9.28. The average Bonchev–Trinajstić information content (AvgIpc) is 3.02. The van der Waals surface area contributed by atoms with Crippen molar-refractivity contribution in [1.82, 2.24) is 10.3 Å². The average molecular weight is 350 g/mol. The Morgan fingerprint density at radius 2 is 1.96 bits per heavy atom. The van der Waals surface area contributed by atoms with Gasteiger partial charge in [0.15, 0.2) is 0 Å². The molecule has 2 heterocycles. The largest absolute Gasteiger partial charge is 0.496 e. The van der Waals surface area contributed by atoms with E-state index in [1.807, 2.05) is 13.0 Å². The van der Waals surface area contributed by atoms with Gasteiger partial charge in [-0.1, -0.05) is 6.07 Å². The minimum atomic E-state index is 0.172. The number of hydrogen-bond acceptors (Lipinski definition) is 3. The number of methoxy groups -OCH3 is 1. The van der Waals surface area contributed by atoms with Crippen LogP contribution in [-0.4, -0.2) is 25.2 Å². The molecule has 2 N–H and O–H groups in total. The monoisotopic (exact) mass is 350 g/mol. The second-order valence-electron chi connectivity index (χ2n) is 6.97. The maximum absolute atomic E-state index is 5.70. The Balaban J connectivity index is 1.83. The first-order chi connectivity index (χ1) is 12.6. The lowest BCUT2D eigenvalue weighted by Gasteiger charge is -2.27. The van der Waals surface area contributed by atoms with Gasteiger partial charge in [0.1, 0.15) is 11.5 Å². The molecule has 0 aliphatic carbocycles. The minimum Gasteiger partial charge on any atom is -0.496 e. The number of nitrogens with one attached hydrogen (secondary N) is 2. The number of aromatic nitrogens is 1. The van der Waals surface area contributed by atoms with Crippen LogP contribution in [0.1, 0.15) is 40.9 Å². The summed E-state index contributed by atoms with van der Waals surface area (Å²) >= 11 is 0. The van der Waals surface area contributed by atoms with Crippen LogP contribution in [0.4, 0.5) is 0 Å². The first kappa shape index (κ1) is 17.0. The lowest BCUT2D eigenvalue weighted by atomic mass is 9.90. The van der Waals surface area contributed by atoms with Crippen molar-refractivity contribution in [2.75, 3.05) is 20.3 Å². The minimum absolute atomic E-state index is 0.172. The van der Waals surface area contributed by atoms with Gasteiger partial charge in [0, 0.05) is 23.1 Å². The molecule has 4 nitrogen and oxygen atoms in total. The summed E-state index contributed by atoms with van der Waals surface area (Å²) in [4.78, 5) is 3.66. The maximum Gasteiger partial charge on any atom is 0.122 e. The lowest BCUT2D eigenvalue weighted by molar-refractivity contribution is 0.340. The molecule has 4 heteroatoms. The van der Waals surface area contributed by atoms with Crippen molar-refractivity contribution in [1.29, 1.82) is 0 Å². The van der Waals surface area contributed by atoms with Gasteiger partial charge in [-0.2, -0.15) is 0 Å². The second kappa shape index (κ2) is 6.69. The Bertz CT molecular complexity index is 958. The summed E-state index contributed by atoms with van der Waals surface area (Å²) in [5.41, 5.74) is 7.56. The molecule has 1 aliphatic rings. The van der Waals surface area contributed by atoms with Crippen molar-refractivity contribution in [3.05, 3.63) is 58.3 Å². The molecule has 4 rings (SSSR count). The zero-order valence-corrected chi connectivity index (χ0v) is 15.9. The van der Waals surface area contributed by atoms with Gasteiger partial charge in [0.05, 0.1) is 19.8 Å². The highest BCUT2D eigenvalue weighted by molar-refractivity contribution is 5.86. The summed E-state index contributed by atoms with van der Waals surface area (Å²) in [5, 5.41) is 4.97. The Kier molecular flexibility index (Phi) is 4.37. The topological polar surface area (TPSA) is 46.3 Å². The van der Waals surface area contributed by atoms with E-state index in [-0.39, 0.29) is 6.04 Å². The molecule has 1 atom stereocenters. The predicted octanol–water partition coefficient (Wildman–Crippen LogP) is 4.43. The van der Waals surface area contributed by atoms with Crippen LogP contribution in [0, 0.1) is 13.8 Å². The standard InChI is InChI=1S/C22H26N2O2/c1-5-26-15-6-7-19-18(12-15)16-8-9-23-21(22(16)24-19)17-10-14(3)20(25-4)11-13(17)2/h6-7,10-12,21,23-24H,5,8-9H2,1-4H3. The van der Waals surface area contributed by atoms with E-state index in [1.54, 1.807) is 7.11 Å². The van der Waals surface area contributed by atoms with E-state index in [0.717, 1.165) is 30.0 Å². The van der Waals surface area contributed by atoms with E-state index >= 15 is 0 Å². The molecule has 2 aromatic carbocycles. The van der Waals surface area contributed by atoms with Gasteiger partial charge in [-0.25, -0.2) is 0 Å². The summed E-state index contributed by atoms with van der Waals surface area (Å²) in [6.07, 6.45) is 1.02. The Morgan fingerprint density at radius 3 is 2.73 bits per heavy atom. The quantitative estimate of drug-likeness (QED) is 0.732. The van der Waals surface area contributed by atoms with Gasteiger partial charge in [0.25, 0.3) is 0 Å². The summed E-state index contributed by atoms with van der Waals surface area (Å²) in [6.45, 7) is 7.93. The Labute approximate surface area is 154 Å². The fourth-order valence-corrected chi connectivity index (χ4v) is 4.07.